The Morgan fingerprint density at radius 1 is 1.19 bits per heavy atom. The molecule has 2 N–H and O–H groups in total. The van der Waals surface area contributed by atoms with Crippen molar-refractivity contribution in [3.8, 4) is 6.07 Å². The predicted octanol–water partition coefficient (Wildman–Crippen LogP) is 2.44. The molecule has 0 atom stereocenters. The van der Waals surface area contributed by atoms with Crippen LogP contribution in [0.3, 0.4) is 0 Å². The molecule has 0 saturated heterocycles. The van der Waals surface area contributed by atoms with Gasteiger partial charge in [-0.2, -0.15) is 5.26 Å². The standard InChI is InChI=1S/C15H13N5O/c16-9-10-2-1-3-12(8-10)17-13-6-7-14(20-19-13)18-15(21)11-4-5-11/h1-3,6-8,11H,4-5H2,(H,17,19)(H,18,20,21). The number of rotatable bonds is 4. The highest BCUT2D eigenvalue weighted by molar-refractivity contribution is 5.93. The lowest BCUT2D eigenvalue weighted by molar-refractivity contribution is -0.117. The molecule has 104 valence electrons. The van der Waals surface area contributed by atoms with Crippen LogP contribution in [0.2, 0.25) is 0 Å². The highest BCUT2D eigenvalue weighted by Gasteiger charge is 2.29. The summed E-state index contributed by atoms with van der Waals surface area (Å²) in [6.07, 6.45) is 1.91. The second-order valence-corrected chi connectivity index (χ2v) is 4.88. The third kappa shape index (κ3) is 3.34. The molecule has 1 aromatic carbocycles. The fourth-order valence-corrected chi connectivity index (χ4v) is 1.85. The third-order valence-corrected chi connectivity index (χ3v) is 3.13. The topological polar surface area (TPSA) is 90.7 Å². The van der Waals surface area contributed by atoms with Crippen molar-refractivity contribution < 1.29 is 4.79 Å². The quantitative estimate of drug-likeness (QED) is 0.897. The van der Waals surface area contributed by atoms with E-state index >= 15 is 0 Å². The molecule has 21 heavy (non-hydrogen) atoms. The van der Waals surface area contributed by atoms with Crippen molar-refractivity contribution in [2.24, 2.45) is 5.92 Å². The number of carbonyl (C=O) groups is 1. The van der Waals surface area contributed by atoms with Crippen LogP contribution < -0.4 is 10.6 Å². The second kappa shape index (κ2) is 5.59. The SMILES string of the molecule is N#Cc1cccc(Nc2ccc(NC(=O)C3CC3)nn2)c1. The summed E-state index contributed by atoms with van der Waals surface area (Å²) in [5.74, 6) is 1.14. The lowest BCUT2D eigenvalue weighted by atomic mass is 10.2. The third-order valence-electron chi connectivity index (χ3n) is 3.13. The molecule has 1 saturated carbocycles. The summed E-state index contributed by atoms with van der Waals surface area (Å²) < 4.78 is 0. The van der Waals surface area contributed by atoms with Crippen LogP contribution >= 0.6 is 0 Å². The van der Waals surface area contributed by atoms with Gasteiger partial charge in [-0.1, -0.05) is 6.07 Å². The van der Waals surface area contributed by atoms with Gasteiger partial charge in [0, 0.05) is 11.6 Å². The van der Waals surface area contributed by atoms with E-state index in [0.717, 1.165) is 18.5 Å². The summed E-state index contributed by atoms with van der Waals surface area (Å²) in [6, 6.07) is 12.6. The van der Waals surface area contributed by atoms with E-state index in [1.54, 1.807) is 30.3 Å². The minimum atomic E-state index is 0.00623. The smallest absolute Gasteiger partial charge is 0.228 e. The molecule has 3 rings (SSSR count). The molecule has 1 heterocycles. The summed E-state index contributed by atoms with van der Waals surface area (Å²) in [4.78, 5) is 11.6. The normalized spacial score (nSPS) is 13.3. The Morgan fingerprint density at radius 3 is 2.62 bits per heavy atom. The second-order valence-electron chi connectivity index (χ2n) is 4.88. The fraction of sp³-hybridized carbons (Fsp3) is 0.200. The van der Waals surface area contributed by atoms with Crippen LogP contribution in [0, 0.1) is 17.2 Å². The Labute approximate surface area is 121 Å². The molecule has 1 fully saturated rings. The van der Waals surface area contributed by atoms with Gasteiger partial charge in [0.05, 0.1) is 11.6 Å². The van der Waals surface area contributed by atoms with E-state index in [1.165, 1.54) is 0 Å². The zero-order valence-electron chi connectivity index (χ0n) is 11.2. The first-order chi connectivity index (χ1) is 10.2. The zero-order valence-corrected chi connectivity index (χ0v) is 11.2. The molecular weight excluding hydrogens is 266 g/mol. The van der Waals surface area contributed by atoms with E-state index < -0.39 is 0 Å². The van der Waals surface area contributed by atoms with Crippen molar-refractivity contribution in [1.82, 2.24) is 10.2 Å². The van der Waals surface area contributed by atoms with Gasteiger partial charge in [0.2, 0.25) is 5.91 Å². The van der Waals surface area contributed by atoms with Crippen molar-refractivity contribution in [1.29, 1.82) is 5.26 Å². The van der Waals surface area contributed by atoms with Gasteiger partial charge in [-0.15, -0.1) is 10.2 Å². The minimum Gasteiger partial charge on any atom is -0.339 e. The molecule has 0 bridgehead atoms. The maximum Gasteiger partial charge on any atom is 0.228 e. The number of nitriles is 1. The summed E-state index contributed by atoms with van der Waals surface area (Å²) in [7, 11) is 0. The van der Waals surface area contributed by atoms with Crippen LogP contribution in [0.5, 0.6) is 0 Å². The monoisotopic (exact) mass is 279 g/mol. The molecule has 1 aliphatic carbocycles. The van der Waals surface area contributed by atoms with Crippen LogP contribution in [0.1, 0.15) is 18.4 Å². The molecule has 1 amide bonds. The molecule has 0 radical (unpaired) electrons. The van der Waals surface area contributed by atoms with Crippen molar-refractivity contribution in [2.45, 2.75) is 12.8 Å². The van der Waals surface area contributed by atoms with Gasteiger partial charge >= 0.3 is 0 Å². The highest BCUT2D eigenvalue weighted by Crippen LogP contribution is 2.29. The van der Waals surface area contributed by atoms with E-state index in [0.29, 0.717) is 17.2 Å². The minimum absolute atomic E-state index is 0.00623. The van der Waals surface area contributed by atoms with Crippen molar-refractivity contribution in [3.63, 3.8) is 0 Å². The van der Waals surface area contributed by atoms with Crippen molar-refractivity contribution >= 4 is 23.2 Å². The summed E-state index contributed by atoms with van der Waals surface area (Å²) >= 11 is 0. The summed E-state index contributed by atoms with van der Waals surface area (Å²) in [6.45, 7) is 0. The Balaban J connectivity index is 1.66. The van der Waals surface area contributed by atoms with E-state index in [-0.39, 0.29) is 11.8 Å². The first kappa shape index (κ1) is 13.1. The summed E-state index contributed by atoms with van der Waals surface area (Å²) in [5, 5.41) is 22.6. The molecule has 0 aliphatic heterocycles. The number of aromatic nitrogens is 2. The molecule has 0 spiro atoms. The molecule has 1 aliphatic rings. The van der Waals surface area contributed by atoms with Gasteiger partial charge in [0.15, 0.2) is 11.6 Å². The number of nitrogens with zero attached hydrogens (tertiary/aromatic N) is 3. The lowest BCUT2D eigenvalue weighted by Gasteiger charge is -2.06. The van der Waals surface area contributed by atoms with Gasteiger partial charge in [-0.05, 0) is 43.2 Å². The number of nitrogens with one attached hydrogen (secondary N) is 2. The summed E-state index contributed by atoms with van der Waals surface area (Å²) in [5.41, 5.74) is 1.33. The van der Waals surface area contributed by atoms with Gasteiger partial charge < -0.3 is 10.6 Å². The van der Waals surface area contributed by atoms with E-state index in [4.69, 9.17) is 5.26 Å². The van der Waals surface area contributed by atoms with E-state index in [2.05, 4.69) is 26.9 Å². The molecular formula is C15H13N5O. The average Bonchev–Trinajstić information content (AvgIpc) is 3.34. The zero-order chi connectivity index (χ0) is 14.7. The number of amides is 1. The maximum absolute atomic E-state index is 11.6. The van der Waals surface area contributed by atoms with Gasteiger partial charge in [0.25, 0.3) is 0 Å². The average molecular weight is 279 g/mol. The van der Waals surface area contributed by atoms with E-state index in [1.807, 2.05) is 6.07 Å². The largest absolute Gasteiger partial charge is 0.339 e. The van der Waals surface area contributed by atoms with Crippen molar-refractivity contribution in [2.75, 3.05) is 10.6 Å². The maximum atomic E-state index is 11.6. The van der Waals surface area contributed by atoms with E-state index in [9.17, 15) is 4.79 Å². The van der Waals surface area contributed by atoms with Crippen LogP contribution in [0.25, 0.3) is 0 Å². The number of carbonyl (C=O) groups excluding carboxylic acids is 1. The van der Waals surface area contributed by atoms with Crippen LogP contribution in [-0.4, -0.2) is 16.1 Å². The van der Waals surface area contributed by atoms with Gasteiger partial charge in [0.1, 0.15) is 0 Å². The van der Waals surface area contributed by atoms with Crippen LogP contribution in [-0.2, 0) is 4.79 Å². The number of hydrogen-bond acceptors (Lipinski definition) is 5. The van der Waals surface area contributed by atoms with Crippen LogP contribution in [0.4, 0.5) is 17.3 Å². The molecule has 6 heteroatoms. The number of anilines is 3. The van der Waals surface area contributed by atoms with Crippen LogP contribution in [0.15, 0.2) is 36.4 Å². The molecule has 1 aromatic heterocycles. The Hall–Kier alpha value is -2.94. The predicted molar refractivity (Wildman–Crippen MR) is 77.8 cm³/mol. The first-order valence-electron chi connectivity index (χ1n) is 6.66. The molecule has 2 aromatic rings. The Kier molecular flexibility index (Phi) is 3.48. The lowest BCUT2D eigenvalue weighted by Crippen LogP contribution is -2.14. The Bertz CT molecular complexity index is 701. The first-order valence-corrected chi connectivity index (χ1v) is 6.66. The molecule has 0 unspecified atom stereocenters. The molecule has 6 nitrogen and oxygen atoms in total. The van der Waals surface area contributed by atoms with Gasteiger partial charge in [-0.3, -0.25) is 4.79 Å². The van der Waals surface area contributed by atoms with Crippen molar-refractivity contribution in [3.05, 3.63) is 42.0 Å². The fourth-order valence-electron chi connectivity index (χ4n) is 1.85. The Morgan fingerprint density at radius 2 is 1.95 bits per heavy atom. The number of benzene rings is 1. The number of hydrogen-bond donors (Lipinski definition) is 2. The van der Waals surface area contributed by atoms with Gasteiger partial charge in [-0.25, -0.2) is 0 Å². The highest BCUT2D eigenvalue weighted by atomic mass is 16.2.